The second kappa shape index (κ2) is 12.5. The molecule has 1 aromatic heterocycles. The molecule has 1 aliphatic rings. The molecule has 3 aromatic carbocycles. The second-order valence-corrected chi connectivity index (χ2v) is 10.9. The zero-order chi connectivity index (χ0) is 29.0. The molecule has 2 amide bonds. The van der Waals surface area contributed by atoms with E-state index in [4.69, 9.17) is 33.0 Å². The number of rotatable bonds is 8. The Bertz CT molecular complexity index is 1550. The van der Waals surface area contributed by atoms with E-state index in [1.54, 1.807) is 41.9 Å². The predicted octanol–water partition coefficient (Wildman–Crippen LogP) is 5.61. The van der Waals surface area contributed by atoms with E-state index in [9.17, 15) is 9.59 Å². The fourth-order valence-corrected chi connectivity index (χ4v) is 6.01. The van der Waals surface area contributed by atoms with Gasteiger partial charge >= 0.3 is 0 Å². The molecule has 3 N–H and O–H groups in total. The second-order valence-electron chi connectivity index (χ2n) is 10.1. The number of aliphatic hydroxyl groups excluding tert-OH is 1. The van der Waals surface area contributed by atoms with Crippen LogP contribution in [0.2, 0.25) is 10.0 Å². The maximum atomic E-state index is 13.8. The number of amides is 2. The molecule has 212 valence electrons. The Morgan fingerprint density at radius 1 is 0.976 bits per heavy atom. The normalized spacial score (nSPS) is 14.4. The van der Waals surface area contributed by atoms with Crippen LogP contribution < -0.4 is 15.4 Å². The molecule has 0 radical (unpaired) electrons. The molecule has 0 saturated carbocycles. The van der Waals surface area contributed by atoms with Crippen molar-refractivity contribution < 1.29 is 19.4 Å². The van der Waals surface area contributed by atoms with E-state index in [1.165, 1.54) is 0 Å². The number of hydrogen-bond acceptors (Lipinski definition) is 5. The minimum atomic E-state index is -0.803. The van der Waals surface area contributed by atoms with Gasteiger partial charge in [0.15, 0.2) is 0 Å². The quantitative estimate of drug-likeness (QED) is 0.231. The lowest BCUT2D eigenvalue weighted by atomic mass is 9.72. The number of carbonyl (C=O) groups excluding carboxylic acids is 2. The average Bonchev–Trinajstić information content (AvgIpc) is 3.33. The molecular weight excluding hydrogens is 561 g/mol. The lowest BCUT2D eigenvalue weighted by Gasteiger charge is -2.36. The summed E-state index contributed by atoms with van der Waals surface area (Å²) < 4.78 is 7.28. The number of benzene rings is 3. The molecule has 0 aliphatic carbocycles. The average molecular weight is 593 g/mol. The molecule has 1 saturated heterocycles. The van der Waals surface area contributed by atoms with Crippen molar-refractivity contribution in [1.29, 1.82) is 0 Å². The number of carbonyl (C=O) groups is 2. The van der Waals surface area contributed by atoms with Crippen LogP contribution in [0.25, 0.3) is 22.4 Å². The lowest BCUT2D eigenvalue weighted by molar-refractivity contribution is -0.126. The van der Waals surface area contributed by atoms with Crippen LogP contribution in [0.15, 0.2) is 78.9 Å². The van der Waals surface area contributed by atoms with Gasteiger partial charge in [0.1, 0.15) is 18.1 Å². The van der Waals surface area contributed by atoms with Crippen LogP contribution in [0, 0.1) is 0 Å². The molecule has 0 atom stereocenters. The maximum absolute atomic E-state index is 13.8. The molecule has 0 unspecified atom stereocenters. The number of imide groups is 1. The summed E-state index contributed by atoms with van der Waals surface area (Å²) in [4.78, 5) is 27.6. The first-order valence-electron chi connectivity index (χ1n) is 13.5. The number of hydrogen-bond donors (Lipinski definition) is 3. The van der Waals surface area contributed by atoms with E-state index < -0.39 is 11.3 Å². The number of piperidine rings is 1. The van der Waals surface area contributed by atoms with Crippen LogP contribution in [0.1, 0.15) is 28.9 Å². The summed E-state index contributed by atoms with van der Waals surface area (Å²) in [5, 5.41) is 16.0. The van der Waals surface area contributed by atoms with Crippen LogP contribution in [0.5, 0.6) is 5.75 Å². The van der Waals surface area contributed by atoms with Gasteiger partial charge in [-0.3, -0.25) is 14.9 Å². The standard InChI is InChI=1S/C32H31Cl2N3O4/c1-37-28(30(39)36-31(40)32(13-15-35-16-14-32)22-5-3-2-4-6-22)20-26(25-12-9-23(33)19-27(25)34)29(37)21-7-10-24(11-8-21)41-18-17-38/h2-12,19-20,35,38H,13-18H2,1H3,(H,36,39,40). The summed E-state index contributed by atoms with van der Waals surface area (Å²) in [6.07, 6.45) is 1.18. The van der Waals surface area contributed by atoms with Crippen LogP contribution in [0.4, 0.5) is 0 Å². The van der Waals surface area contributed by atoms with Gasteiger partial charge in [0.05, 0.1) is 17.7 Å². The predicted molar refractivity (Wildman–Crippen MR) is 162 cm³/mol. The van der Waals surface area contributed by atoms with Crippen molar-refractivity contribution in [2.75, 3.05) is 26.3 Å². The topological polar surface area (TPSA) is 92.6 Å². The van der Waals surface area contributed by atoms with E-state index in [2.05, 4.69) is 10.6 Å². The molecule has 1 fully saturated rings. The zero-order valence-corrected chi connectivity index (χ0v) is 24.1. The molecule has 41 heavy (non-hydrogen) atoms. The van der Waals surface area contributed by atoms with Crippen LogP contribution in [-0.2, 0) is 17.3 Å². The molecule has 0 spiro atoms. The maximum Gasteiger partial charge on any atom is 0.274 e. The summed E-state index contributed by atoms with van der Waals surface area (Å²) >= 11 is 12.8. The SMILES string of the molecule is Cn1c(C(=O)NC(=O)C2(c3ccccc3)CCNCC2)cc(-c2ccc(Cl)cc2Cl)c1-c1ccc(OCCO)cc1. The van der Waals surface area contributed by atoms with Gasteiger partial charge in [0.25, 0.3) is 5.91 Å². The Morgan fingerprint density at radius 2 is 1.68 bits per heavy atom. The number of nitrogens with zero attached hydrogens (tertiary/aromatic N) is 1. The van der Waals surface area contributed by atoms with Gasteiger partial charge in [0.2, 0.25) is 5.91 Å². The van der Waals surface area contributed by atoms with Crippen molar-refractivity contribution in [3.8, 4) is 28.1 Å². The van der Waals surface area contributed by atoms with Crippen molar-refractivity contribution in [2.45, 2.75) is 18.3 Å². The van der Waals surface area contributed by atoms with Crippen LogP contribution in [0.3, 0.4) is 0 Å². The minimum Gasteiger partial charge on any atom is -0.491 e. The number of aromatic nitrogens is 1. The monoisotopic (exact) mass is 591 g/mol. The first-order chi connectivity index (χ1) is 19.8. The highest BCUT2D eigenvalue weighted by Crippen LogP contribution is 2.40. The highest BCUT2D eigenvalue weighted by Gasteiger charge is 2.42. The van der Waals surface area contributed by atoms with Gasteiger partial charge < -0.3 is 19.7 Å². The third-order valence-corrected chi connectivity index (χ3v) is 8.17. The molecule has 1 aliphatic heterocycles. The van der Waals surface area contributed by atoms with Crippen LogP contribution in [-0.4, -0.2) is 47.8 Å². The Kier molecular flexibility index (Phi) is 8.80. The summed E-state index contributed by atoms with van der Waals surface area (Å²) in [5.74, 6) is -0.193. The molecule has 5 rings (SSSR count). The molecular formula is C32H31Cl2N3O4. The number of aliphatic hydroxyl groups is 1. The first kappa shape index (κ1) is 28.9. The molecule has 4 aromatic rings. The largest absolute Gasteiger partial charge is 0.491 e. The summed E-state index contributed by atoms with van der Waals surface area (Å²) in [6, 6.07) is 24.0. The van der Waals surface area contributed by atoms with Crippen molar-refractivity contribution >= 4 is 35.0 Å². The van der Waals surface area contributed by atoms with E-state index in [0.717, 1.165) is 22.4 Å². The summed E-state index contributed by atoms with van der Waals surface area (Å²) in [7, 11) is 1.79. The number of nitrogens with one attached hydrogen (secondary N) is 2. The van der Waals surface area contributed by atoms with Crippen molar-refractivity contribution in [1.82, 2.24) is 15.2 Å². The minimum absolute atomic E-state index is 0.0853. The van der Waals surface area contributed by atoms with Crippen molar-refractivity contribution in [2.24, 2.45) is 7.05 Å². The van der Waals surface area contributed by atoms with E-state index in [-0.39, 0.29) is 19.1 Å². The smallest absolute Gasteiger partial charge is 0.274 e. The lowest BCUT2D eigenvalue weighted by Crippen LogP contribution is -2.52. The Hall–Kier alpha value is -3.62. The van der Waals surface area contributed by atoms with Gasteiger partial charge in [-0.25, -0.2) is 0 Å². The third-order valence-electron chi connectivity index (χ3n) is 7.62. The number of halogens is 2. The van der Waals surface area contributed by atoms with E-state index in [0.29, 0.717) is 53.0 Å². The highest BCUT2D eigenvalue weighted by atomic mass is 35.5. The fourth-order valence-electron chi connectivity index (χ4n) is 5.50. The fraction of sp³-hybridized carbons (Fsp3) is 0.250. The first-order valence-corrected chi connectivity index (χ1v) is 14.2. The molecule has 0 bridgehead atoms. The van der Waals surface area contributed by atoms with E-state index in [1.807, 2.05) is 48.5 Å². The van der Waals surface area contributed by atoms with Crippen molar-refractivity contribution in [3.05, 3.63) is 100 Å². The number of ether oxygens (including phenoxy) is 1. The molecule has 7 nitrogen and oxygen atoms in total. The third kappa shape index (κ3) is 5.90. The van der Waals surface area contributed by atoms with Crippen molar-refractivity contribution in [3.63, 3.8) is 0 Å². The van der Waals surface area contributed by atoms with Gasteiger partial charge in [-0.05, 0) is 79.5 Å². The van der Waals surface area contributed by atoms with Crippen LogP contribution >= 0.6 is 23.2 Å². The Labute approximate surface area is 249 Å². The summed E-state index contributed by atoms with van der Waals surface area (Å²) in [6.45, 7) is 1.47. The van der Waals surface area contributed by atoms with Gasteiger partial charge in [-0.1, -0.05) is 59.6 Å². The van der Waals surface area contributed by atoms with Gasteiger partial charge in [-0.2, -0.15) is 0 Å². The summed E-state index contributed by atoms with van der Waals surface area (Å²) in [5.41, 5.74) is 3.38. The molecule has 9 heteroatoms. The van der Waals surface area contributed by atoms with E-state index >= 15 is 0 Å². The zero-order valence-electron chi connectivity index (χ0n) is 22.6. The Balaban J connectivity index is 1.54. The Morgan fingerprint density at radius 3 is 2.34 bits per heavy atom. The van der Waals surface area contributed by atoms with Gasteiger partial charge in [-0.15, -0.1) is 0 Å². The highest BCUT2D eigenvalue weighted by molar-refractivity contribution is 6.36. The van der Waals surface area contributed by atoms with Gasteiger partial charge in [0, 0.05) is 28.2 Å². The molecule has 2 heterocycles.